The summed E-state index contributed by atoms with van der Waals surface area (Å²) in [5.74, 6) is -0.0846. The van der Waals surface area contributed by atoms with Crippen LogP contribution in [-0.2, 0) is 17.6 Å². The zero-order chi connectivity index (χ0) is 13.5. The molecule has 1 heterocycles. The van der Waals surface area contributed by atoms with E-state index in [1.165, 1.54) is 0 Å². The molecule has 0 spiro atoms. The second-order valence-electron chi connectivity index (χ2n) is 4.07. The molecule has 1 atom stereocenters. The lowest BCUT2D eigenvalue weighted by molar-refractivity contribution is -0.119. The molecule has 6 heteroatoms. The molecule has 0 saturated carbocycles. The monoisotopic (exact) mass is 251 g/mol. The van der Waals surface area contributed by atoms with Gasteiger partial charge >= 0.3 is 0 Å². The Morgan fingerprint density at radius 3 is 2.39 bits per heavy atom. The molecule has 1 aromatic rings. The smallest absolute Gasteiger partial charge is 0.249 e. The number of nitrogens with one attached hydrogen (secondary N) is 1. The third-order valence-electron chi connectivity index (χ3n) is 2.89. The number of nitrogens with two attached hydrogens (primary N) is 1. The van der Waals surface area contributed by atoms with Crippen LogP contribution in [0.5, 0.6) is 0 Å². The molecular formula is C12H21N5O. The molecule has 0 bridgehead atoms. The lowest BCUT2D eigenvalue weighted by Gasteiger charge is -2.12. The summed E-state index contributed by atoms with van der Waals surface area (Å²) in [5.41, 5.74) is 7.28. The van der Waals surface area contributed by atoms with Gasteiger partial charge in [0, 0.05) is 6.54 Å². The van der Waals surface area contributed by atoms with E-state index in [2.05, 4.69) is 20.5 Å². The molecule has 1 unspecified atom stereocenters. The number of carbonyl (C=O) groups is 1. The van der Waals surface area contributed by atoms with Gasteiger partial charge in [0.1, 0.15) is 0 Å². The van der Waals surface area contributed by atoms with Gasteiger partial charge in [-0.25, -0.2) is 4.98 Å². The average Bonchev–Trinajstić information content (AvgIpc) is 2.40. The van der Waals surface area contributed by atoms with E-state index < -0.39 is 0 Å². The van der Waals surface area contributed by atoms with Gasteiger partial charge in [-0.1, -0.05) is 20.8 Å². The van der Waals surface area contributed by atoms with Crippen molar-refractivity contribution in [1.29, 1.82) is 0 Å². The Balaban J connectivity index is 2.82. The number of rotatable bonds is 6. The van der Waals surface area contributed by atoms with Crippen molar-refractivity contribution < 1.29 is 4.79 Å². The Kier molecular flexibility index (Phi) is 5.64. The number of hydrogen-bond acceptors (Lipinski definition) is 5. The van der Waals surface area contributed by atoms with Crippen molar-refractivity contribution in [2.75, 3.05) is 11.9 Å². The van der Waals surface area contributed by atoms with Crippen LogP contribution in [0.15, 0.2) is 0 Å². The lowest BCUT2D eigenvalue weighted by atomic mass is 10.1. The number of aryl methyl sites for hydroxylation is 2. The minimum absolute atomic E-state index is 0.145. The molecular weight excluding hydrogens is 230 g/mol. The Morgan fingerprint density at radius 1 is 1.22 bits per heavy atom. The molecule has 0 fully saturated rings. The molecule has 1 amide bonds. The van der Waals surface area contributed by atoms with E-state index in [4.69, 9.17) is 5.73 Å². The largest absolute Gasteiger partial charge is 0.330 e. The lowest BCUT2D eigenvalue weighted by Crippen LogP contribution is -2.29. The quantitative estimate of drug-likeness (QED) is 0.784. The van der Waals surface area contributed by atoms with Gasteiger partial charge in [0.05, 0.1) is 17.3 Å². The SMILES string of the molecule is CCc1nnc(NC(=O)C(CC)CN)nc1CC. The highest BCUT2D eigenvalue weighted by molar-refractivity contribution is 5.90. The molecule has 0 radical (unpaired) electrons. The van der Waals surface area contributed by atoms with E-state index in [1.54, 1.807) is 0 Å². The number of aromatic nitrogens is 3. The van der Waals surface area contributed by atoms with Gasteiger partial charge in [-0.05, 0) is 19.3 Å². The molecule has 1 aromatic heterocycles. The van der Waals surface area contributed by atoms with Crippen molar-refractivity contribution >= 4 is 11.9 Å². The maximum absolute atomic E-state index is 11.8. The van der Waals surface area contributed by atoms with E-state index >= 15 is 0 Å². The van der Waals surface area contributed by atoms with E-state index in [0.29, 0.717) is 13.0 Å². The number of nitrogens with zero attached hydrogens (tertiary/aromatic N) is 3. The van der Waals surface area contributed by atoms with Crippen LogP contribution >= 0.6 is 0 Å². The van der Waals surface area contributed by atoms with Crippen LogP contribution in [0.3, 0.4) is 0 Å². The Labute approximate surface area is 107 Å². The molecule has 0 aliphatic carbocycles. The predicted octanol–water partition coefficient (Wildman–Crippen LogP) is 0.920. The summed E-state index contributed by atoms with van der Waals surface area (Å²) in [7, 11) is 0. The van der Waals surface area contributed by atoms with Crippen LogP contribution in [0.4, 0.5) is 5.95 Å². The first-order valence-electron chi connectivity index (χ1n) is 6.39. The van der Waals surface area contributed by atoms with Gasteiger partial charge in [0.25, 0.3) is 0 Å². The van der Waals surface area contributed by atoms with E-state index in [0.717, 1.165) is 24.2 Å². The van der Waals surface area contributed by atoms with Gasteiger partial charge in [0.15, 0.2) is 0 Å². The average molecular weight is 251 g/mol. The predicted molar refractivity (Wildman–Crippen MR) is 70.0 cm³/mol. The van der Waals surface area contributed by atoms with Crippen LogP contribution in [0.25, 0.3) is 0 Å². The van der Waals surface area contributed by atoms with Crippen molar-refractivity contribution in [1.82, 2.24) is 15.2 Å². The first-order chi connectivity index (χ1) is 8.65. The zero-order valence-corrected chi connectivity index (χ0v) is 11.2. The van der Waals surface area contributed by atoms with Crippen molar-refractivity contribution in [3.8, 4) is 0 Å². The number of hydrogen-bond donors (Lipinski definition) is 2. The summed E-state index contributed by atoms with van der Waals surface area (Å²) in [6.07, 6.45) is 2.26. The van der Waals surface area contributed by atoms with Gasteiger partial charge < -0.3 is 5.73 Å². The summed E-state index contributed by atoms with van der Waals surface area (Å²) in [6, 6.07) is 0. The highest BCUT2D eigenvalue weighted by atomic mass is 16.2. The van der Waals surface area contributed by atoms with Crippen molar-refractivity contribution in [2.45, 2.75) is 40.0 Å². The summed E-state index contributed by atoms with van der Waals surface area (Å²) in [5, 5.41) is 10.7. The fourth-order valence-corrected chi connectivity index (χ4v) is 1.66. The fraction of sp³-hybridized carbons (Fsp3) is 0.667. The molecule has 0 aliphatic heterocycles. The topological polar surface area (TPSA) is 93.8 Å². The van der Waals surface area contributed by atoms with Crippen LogP contribution in [0.2, 0.25) is 0 Å². The highest BCUT2D eigenvalue weighted by Gasteiger charge is 2.16. The summed E-state index contributed by atoms with van der Waals surface area (Å²) in [6.45, 7) is 6.26. The molecule has 18 heavy (non-hydrogen) atoms. The van der Waals surface area contributed by atoms with Crippen molar-refractivity contribution in [2.24, 2.45) is 11.7 Å². The molecule has 3 N–H and O–H groups in total. The van der Waals surface area contributed by atoms with Gasteiger partial charge in [-0.3, -0.25) is 10.1 Å². The van der Waals surface area contributed by atoms with Gasteiger partial charge in [-0.2, -0.15) is 0 Å². The van der Waals surface area contributed by atoms with Crippen molar-refractivity contribution in [3.05, 3.63) is 11.4 Å². The third-order valence-corrected chi connectivity index (χ3v) is 2.89. The number of carbonyl (C=O) groups excluding carboxylic acids is 1. The van der Waals surface area contributed by atoms with Crippen LogP contribution in [-0.4, -0.2) is 27.6 Å². The second kappa shape index (κ2) is 7.00. The summed E-state index contributed by atoms with van der Waals surface area (Å²) >= 11 is 0. The molecule has 0 aliphatic rings. The van der Waals surface area contributed by atoms with Crippen molar-refractivity contribution in [3.63, 3.8) is 0 Å². The highest BCUT2D eigenvalue weighted by Crippen LogP contribution is 2.09. The number of anilines is 1. The normalized spacial score (nSPS) is 12.2. The first-order valence-corrected chi connectivity index (χ1v) is 6.39. The Bertz CT molecular complexity index is 403. The molecule has 0 aromatic carbocycles. The minimum atomic E-state index is -0.204. The van der Waals surface area contributed by atoms with Crippen LogP contribution in [0, 0.1) is 5.92 Å². The molecule has 100 valence electrons. The fourth-order valence-electron chi connectivity index (χ4n) is 1.66. The third kappa shape index (κ3) is 3.46. The molecule has 1 rings (SSSR count). The van der Waals surface area contributed by atoms with Crippen LogP contribution < -0.4 is 11.1 Å². The van der Waals surface area contributed by atoms with Gasteiger partial charge in [0.2, 0.25) is 11.9 Å². The summed E-state index contributed by atoms with van der Waals surface area (Å²) in [4.78, 5) is 16.1. The van der Waals surface area contributed by atoms with E-state index in [9.17, 15) is 4.79 Å². The molecule has 6 nitrogen and oxygen atoms in total. The standard InChI is InChI=1S/C12H21N5O/c1-4-8(7-13)11(18)15-12-14-9(5-2)10(6-3)16-17-12/h8H,4-7,13H2,1-3H3,(H,14,15,17,18). The second-order valence-corrected chi connectivity index (χ2v) is 4.07. The number of amides is 1. The minimum Gasteiger partial charge on any atom is -0.330 e. The van der Waals surface area contributed by atoms with E-state index in [1.807, 2.05) is 20.8 Å². The summed E-state index contributed by atoms with van der Waals surface area (Å²) < 4.78 is 0. The van der Waals surface area contributed by atoms with E-state index in [-0.39, 0.29) is 17.8 Å². The molecule has 0 saturated heterocycles. The first kappa shape index (κ1) is 14.5. The maximum atomic E-state index is 11.8. The Hall–Kier alpha value is -1.56. The zero-order valence-electron chi connectivity index (χ0n) is 11.2. The maximum Gasteiger partial charge on any atom is 0.249 e. The Morgan fingerprint density at radius 2 is 1.89 bits per heavy atom. The van der Waals surface area contributed by atoms with Gasteiger partial charge in [-0.15, -0.1) is 10.2 Å². The van der Waals surface area contributed by atoms with Crippen LogP contribution in [0.1, 0.15) is 38.6 Å².